The summed E-state index contributed by atoms with van der Waals surface area (Å²) in [5, 5.41) is 11.6. The van der Waals surface area contributed by atoms with E-state index in [9.17, 15) is 4.79 Å². The Bertz CT molecular complexity index is 360. The highest BCUT2D eigenvalue weighted by atomic mass is 16.2. The number of nitrogens with one attached hydrogen (secondary N) is 1. The average molecular weight is 191 g/mol. The van der Waals surface area contributed by atoms with Crippen molar-refractivity contribution in [3.63, 3.8) is 0 Å². The maximum Gasteiger partial charge on any atom is 0.228 e. The summed E-state index contributed by atoms with van der Waals surface area (Å²) in [5.74, 6) is 0.0662. The van der Waals surface area contributed by atoms with Gasteiger partial charge in [0.15, 0.2) is 0 Å². The second-order valence-electron chi connectivity index (χ2n) is 3.50. The van der Waals surface area contributed by atoms with Crippen LogP contribution in [0.1, 0.15) is 17.5 Å². The minimum Gasteiger partial charge on any atom is -0.396 e. The van der Waals surface area contributed by atoms with E-state index in [0.717, 1.165) is 24.1 Å². The summed E-state index contributed by atoms with van der Waals surface area (Å²) >= 11 is 0. The van der Waals surface area contributed by atoms with E-state index in [1.165, 1.54) is 5.56 Å². The normalized spacial score (nSPS) is 13.9. The van der Waals surface area contributed by atoms with Gasteiger partial charge >= 0.3 is 0 Å². The van der Waals surface area contributed by atoms with Crippen molar-refractivity contribution in [2.24, 2.45) is 0 Å². The van der Waals surface area contributed by atoms with Gasteiger partial charge < -0.3 is 10.4 Å². The Morgan fingerprint density at radius 1 is 1.43 bits per heavy atom. The van der Waals surface area contributed by atoms with Gasteiger partial charge in [-0.25, -0.2) is 0 Å². The van der Waals surface area contributed by atoms with Crippen LogP contribution in [0.25, 0.3) is 0 Å². The molecule has 0 radical (unpaired) electrons. The third kappa shape index (κ3) is 1.63. The molecule has 1 heterocycles. The summed E-state index contributed by atoms with van der Waals surface area (Å²) in [6.07, 6.45) is 2.08. The fraction of sp³-hybridized carbons (Fsp3) is 0.364. The van der Waals surface area contributed by atoms with E-state index in [4.69, 9.17) is 5.11 Å². The highest BCUT2D eigenvalue weighted by molar-refractivity contribution is 5.99. The molecule has 1 aromatic carbocycles. The smallest absolute Gasteiger partial charge is 0.228 e. The number of aliphatic hydroxyl groups is 1. The number of carbonyl (C=O) groups excluding carboxylic acids is 1. The Morgan fingerprint density at radius 2 is 2.29 bits per heavy atom. The summed E-state index contributed by atoms with van der Waals surface area (Å²) < 4.78 is 0. The number of hydrogen-bond acceptors (Lipinski definition) is 2. The molecule has 0 unspecified atom stereocenters. The van der Waals surface area contributed by atoms with Crippen molar-refractivity contribution in [3.05, 3.63) is 29.3 Å². The topological polar surface area (TPSA) is 49.3 Å². The zero-order chi connectivity index (χ0) is 9.97. The molecule has 74 valence electrons. The Morgan fingerprint density at radius 3 is 3.07 bits per heavy atom. The molecule has 1 amide bonds. The highest BCUT2D eigenvalue weighted by Crippen LogP contribution is 2.26. The fourth-order valence-electron chi connectivity index (χ4n) is 1.82. The molecule has 1 aromatic rings. The standard InChI is InChI=1S/C11H13NO2/c13-6-2-4-8-3-1-5-10-9(8)7-11(14)12-10/h1,3,5,13H,2,4,6-7H2,(H,12,14). The molecule has 0 saturated heterocycles. The Balaban J connectivity index is 2.25. The zero-order valence-electron chi connectivity index (χ0n) is 7.92. The lowest BCUT2D eigenvalue weighted by Crippen LogP contribution is -2.03. The molecule has 2 N–H and O–H groups in total. The quantitative estimate of drug-likeness (QED) is 0.751. The SMILES string of the molecule is O=C1Cc2c(CCCO)cccc2N1. The van der Waals surface area contributed by atoms with Gasteiger partial charge in [-0.2, -0.15) is 0 Å². The van der Waals surface area contributed by atoms with E-state index in [0.29, 0.717) is 6.42 Å². The molecule has 0 saturated carbocycles. The first kappa shape index (κ1) is 9.21. The maximum absolute atomic E-state index is 11.2. The zero-order valence-corrected chi connectivity index (χ0v) is 7.92. The maximum atomic E-state index is 11.2. The van der Waals surface area contributed by atoms with Crippen molar-refractivity contribution in [3.8, 4) is 0 Å². The Hall–Kier alpha value is -1.35. The largest absolute Gasteiger partial charge is 0.396 e. The molecule has 14 heavy (non-hydrogen) atoms. The monoisotopic (exact) mass is 191 g/mol. The predicted molar refractivity (Wildman–Crippen MR) is 54.2 cm³/mol. The van der Waals surface area contributed by atoms with E-state index in [1.807, 2.05) is 18.2 Å². The number of rotatable bonds is 3. The number of aliphatic hydroxyl groups excluding tert-OH is 1. The number of amides is 1. The van der Waals surface area contributed by atoms with Crippen LogP contribution >= 0.6 is 0 Å². The van der Waals surface area contributed by atoms with Crippen LogP contribution in [-0.2, 0) is 17.6 Å². The molecule has 1 aliphatic heterocycles. The minimum absolute atomic E-state index is 0.0662. The van der Waals surface area contributed by atoms with Crippen molar-refractivity contribution >= 4 is 11.6 Å². The van der Waals surface area contributed by atoms with Gasteiger partial charge in [0, 0.05) is 12.3 Å². The lowest BCUT2D eigenvalue weighted by atomic mass is 10.0. The third-order valence-electron chi connectivity index (χ3n) is 2.49. The minimum atomic E-state index is 0.0662. The van der Waals surface area contributed by atoms with Gasteiger partial charge in [-0.05, 0) is 30.0 Å². The summed E-state index contributed by atoms with van der Waals surface area (Å²) in [4.78, 5) is 11.2. The lowest BCUT2D eigenvalue weighted by molar-refractivity contribution is -0.115. The van der Waals surface area contributed by atoms with Gasteiger partial charge in [-0.1, -0.05) is 12.1 Å². The molecule has 3 heteroatoms. The first-order chi connectivity index (χ1) is 6.81. The van der Waals surface area contributed by atoms with Gasteiger partial charge in [0.25, 0.3) is 0 Å². The Labute approximate surface area is 82.8 Å². The molecular formula is C11H13NO2. The molecule has 1 aliphatic rings. The molecule has 0 aliphatic carbocycles. The van der Waals surface area contributed by atoms with E-state index in [1.54, 1.807) is 0 Å². The summed E-state index contributed by atoms with van der Waals surface area (Å²) in [7, 11) is 0. The lowest BCUT2D eigenvalue weighted by Gasteiger charge is -2.05. The van der Waals surface area contributed by atoms with E-state index in [2.05, 4.69) is 5.32 Å². The molecular weight excluding hydrogens is 178 g/mol. The van der Waals surface area contributed by atoms with Crippen LogP contribution in [0.2, 0.25) is 0 Å². The second kappa shape index (κ2) is 3.80. The molecule has 0 fully saturated rings. The first-order valence-electron chi connectivity index (χ1n) is 4.83. The van der Waals surface area contributed by atoms with E-state index < -0.39 is 0 Å². The number of fused-ring (bicyclic) bond motifs is 1. The van der Waals surface area contributed by atoms with Crippen molar-refractivity contribution in [1.29, 1.82) is 0 Å². The van der Waals surface area contributed by atoms with Gasteiger partial charge in [0.2, 0.25) is 5.91 Å². The number of hydrogen-bond donors (Lipinski definition) is 2. The molecule has 0 spiro atoms. The number of carbonyl (C=O) groups is 1. The van der Waals surface area contributed by atoms with Crippen LogP contribution in [0.3, 0.4) is 0 Å². The van der Waals surface area contributed by atoms with Crippen LogP contribution in [-0.4, -0.2) is 17.6 Å². The first-order valence-corrected chi connectivity index (χ1v) is 4.83. The summed E-state index contributed by atoms with van der Waals surface area (Å²) in [5.41, 5.74) is 3.21. The van der Waals surface area contributed by atoms with Gasteiger partial charge in [0.05, 0.1) is 6.42 Å². The number of benzene rings is 1. The van der Waals surface area contributed by atoms with E-state index >= 15 is 0 Å². The van der Waals surface area contributed by atoms with Gasteiger partial charge in [-0.3, -0.25) is 4.79 Å². The van der Waals surface area contributed by atoms with Crippen LogP contribution < -0.4 is 5.32 Å². The molecule has 0 bridgehead atoms. The van der Waals surface area contributed by atoms with Crippen LogP contribution in [0.5, 0.6) is 0 Å². The van der Waals surface area contributed by atoms with E-state index in [-0.39, 0.29) is 12.5 Å². The van der Waals surface area contributed by atoms with Gasteiger partial charge in [-0.15, -0.1) is 0 Å². The molecule has 2 rings (SSSR count). The highest BCUT2D eigenvalue weighted by Gasteiger charge is 2.19. The number of aryl methyl sites for hydroxylation is 1. The average Bonchev–Trinajstić information content (AvgIpc) is 2.55. The van der Waals surface area contributed by atoms with Crippen LogP contribution in [0, 0.1) is 0 Å². The summed E-state index contributed by atoms with van der Waals surface area (Å²) in [6.45, 7) is 0.199. The fourth-order valence-corrected chi connectivity index (χ4v) is 1.82. The van der Waals surface area contributed by atoms with Gasteiger partial charge in [0.1, 0.15) is 0 Å². The van der Waals surface area contributed by atoms with Crippen LogP contribution in [0.4, 0.5) is 5.69 Å². The molecule has 0 aromatic heterocycles. The molecule has 0 atom stereocenters. The summed E-state index contributed by atoms with van der Waals surface area (Å²) in [6, 6.07) is 5.88. The van der Waals surface area contributed by atoms with Crippen molar-refractivity contribution in [1.82, 2.24) is 0 Å². The van der Waals surface area contributed by atoms with Crippen molar-refractivity contribution < 1.29 is 9.90 Å². The molecule has 3 nitrogen and oxygen atoms in total. The van der Waals surface area contributed by atoms with Crippen molar-refractivity contribution in [2.75, 3.05) is 11.9 Å². The van der Waals surface area contributed by atoms with Crippen molar-refractivity contribution in [2.45, 2.75) is 19.3 Å². The second-order valence-corrected chi connectivity index (χ2v) is 3.50. The Kier molecular flexibility index (Phi) is 2.50. The third-order valence-corrected chi connectivity index (χ3v) is 2.49. The number of anilines is 1. The van der Waals surface area contributed by atoms with Crippen LogP contribution in [0.15, 0.2) is 18.2 Å². The predicted octanol–water partition coefficient (Wildman–Crippen LogP) is 1.11.